The van der Waals surface area contributed by atoms with E-state index < -0.39 is 5.91 Å². The Kier molecular flexibility index (Phi) is 4.80. The Hall–Kier alpha value is -2.75. The fourth-order valence-electron chi connectivity index (χ4n) is 3.88. The van der Waals surface area contributed by atoms with Crippen molar-refractivity contribution >= 4 is 39.5 Å². The summed E-state index contributed by atoms with van der Waals surface area (Å²) in [6.45, 7) is 2.31. The Bertz CT molecular complexity index is 1170. The second-order valence-electron chi connectivity index (χ2n) is 7.47. The number of carbonyl (C=O) groups excluding carboxylic acids is 2. The van der Waals surface area contributed by atoms with Crippen LogP contribution in [0.3, 0.4) is 0 Å². The third-order valence-electron chi connectivity index (χ3n) is 5.39. The number of rotatable bonds is 4. The molecule has 2 aliphatic heterocycles. The Balaban J connectivity index is 1.40. The number of thiophene rings is 1. The number of nitrogens with zero attached hydrogens (tertiary/aromatic N) is 2. The van der Waals surface area contributed by atoms with Crippen LogP contribution < -0.4 is 15.8 Å². The predicted octanol–water partition coefficient (Wildman–Crippen LogP) is 3.15. The molecule has 2 aromatic heterocycles. The fraction of sp³-hybridized carbons (Fsp3) is 0.286. The van der Waals surface area contributed by atoms with Gasteiger partial charge in [-0.1, -0.05) is 0 Å². The first-order valence-electron chi connectivity index (χ1n) is 9.65. The summed E-state index contributed by atoms with van der Waals surface area (Å²) in [5.41, 5.74) is 9.48. The van der Waals surface area contributed by atoms with Crippen molar-refractivity contribution in [1.29, 1.82) is 0 Å². The second-order valence-corrected chi connectivity index (χ2v) is 9.44. The van der Waals surface area contributed by atoms with Gasteiger partial charge in [0.2, 0.25) is 0 Å². The van der Waals surface area contributed by atoms with Gasteiger partial charge in [-0.25, -0.2) is 4.98 Å². The number of amides is 2. The molecule has 0 atom stereocenters. The highest BCUT2D eigenvalue weighted by Crippen LogP contribution is 2.37. The van der Waals surface area contributed by atoms with Gasteiger partial charge in [0.25, 0.3) is 11.8 Å². The summed E-state index contributed by atoms with van der Waals surface area (Å²) >= 11 is 2.84. The average Bonchev–Trinajstić information content (AvgIpc) is 3.44. The fourth-order valence-corrected chi connectivity index (χ4v) is 6.00. The lowest BCUT2D eigenvalue weighted by Gasteiger charge is -2.22. The van der Waals surface area contributed by atoms with Gasteiger partial charge in [-0.3, -0.25) is 9.59 Å². The Morgan fingerprint density at radius 1 is 1.30 bits per heavy atom. The minimum Gasteiger partial charge on any atom is -0.493 e. The molecule has 5 rings (SSSR count). The van der Waals surface area contributed by atoms with E-state index in [1.807, 2.05) is 19.2 Å². The van der Waals surface area contributed by atoms with Crippen LogP contribution in [0.5, 0.6) is 5.75 Å². The molecule has 0 unspecified atom stereocenters. The average molecular weight is 441 g/mol. The smallest absolute Gasteiger partial charge is 0.275 e. The largest absolute Gasteiger partial charge is 0.493 e. The molecule has 7 nitrogen and oxygen atoms in total. The van der Waals surface area contributed by atoms with Crippen LogP contribution in [0.4, 0.5) is 5.00 Å². The van der Waals surface area contributed by atoms with E-state index in [0.29, 0.717) is 22.9 Å². The van der Waals surface area contributed by atoms with E-state index >= 15 is 0 Å². The first-order valence-corrected chi connectivity index (χ1v) is 11.3. The zero-order valence-corrected chi connectivity index (χ0v) is 18.0. The van der Waals surface area contributed by atoms with Crippen molar-refractivity contribution in [2.24, 2.45) is 5.73 Å². The first kappa shape index (κ1) is 19.2. The van der Waals surface area contributed by atoms with E-state index in [-0.39, 0.29) is 5.91 Å². The summed E-state index contributed by atoms with van der Waals surface area (Å²) in [5, 5.41) is 5.89. The maximum Gasteiger partial charge on any atom is 0.275 e. The molecule has 3 aromatic rings. The molecule has 0 bridgehead atoms. The summed E-state index contributed by atoms with van der Waals surface area (Å²) in [5.74, 6) is 0.0719. The van der Waals surface area contributed by atoms with Crippen molar-refractivity contribution in [2.75, 3.05) is 25.5 Å². The van der Waals surface area contributed by atoms with Gasteiger partial charge in [-0.2, -0.15) is 0 Å². The molecule has 4 heterocycles. The topological polar surface area (TPSA) is 97.6 Å². The third-order valence-corrected chi connectivity index (χ3v) is 7.42. The van der Waals surface area contributed by atoms with Gasteiger partial charge in [0.1, 0.15) is 21.5 Å². The number of benzene rings is 1. The van der Waals surface area contributed by atoms with Crippen LogP contribution in [-0.2, 0) is 19.4 Å². The lowest BCUT2D eigenvalue weighted by molar-refractivity contribution is 0.1000. The molecule has 0 aliphatic carbocycles. The van der Waals surface area contributed by atoms with E-state index in [0.717, 1.165) is 58.3 Å². The van der Waals surface area contributed by atoms with Crippen molar-refractivity contribution in [3.8, 4) is 16.3 Å². The molecule has 0 spiro atoms. The molecule has 9 heteroatoms. The molecular weight excluding hydrogens is 420 g/mol. The molecule has 0 saturated heterocycles. The number of aromatic nitrogens is 1. The molecule has 2 amide bonds. The SMILES string of the molecule is CN1CCc2c(sc(NC(=O)c3csc(-c4ccc5c(c4)CCO5)n3)c2C(N)=O)C1. The predicted molar refractivity (Wildman–Crippen MR) is 118 cm³/mol. The maximum absolute atomic E-state index is 12.9. The molecular formula is C21H20N4O3S2. The monoisotopic (exact) mass is 440 g/mol. The number of carbonyl (C=O) groups is 2. The van der Waals surface area contributed by atoms with E-state index in [2.05, 4.69) is 21.3 Å². The Morgan fingerprint density at radius 3 is 3.00 bits per heavy atom. The lowest BCUT2D eigenvalue weighted by Crippen LogP contribution is -2.27. The highest BCUT2D eigenvalue weighted by Gasteiger charge is 2.27. The number of nitrogens with one attached hydrogen (secondary N) is 1. The van der Waals surface area contributed by atoms with Gasteiger partial charge in [0.15, 0.2) is 0 Å². The number of hydrogen-bond acceptors (Lipinski definition) is 7. The summed E-state index contributed by atoms with van der Waals surface area (Å²) in [6, 6.07) is 5.97. The summed E-state index contributed by atoms with van der Waals surface area (Å²) in [7, 11) is 2.03. The number of ether oxygens (including phenoxy) is 1. The van der Waals surface area contributed by atoms with Crippen molar-refractivity contribution < 1.29 is 14.3 Å². The zero-order chi connectivity index (χ0) is 20.8. The van der Waals surface area contributed by atoms with E-state index in [1.54, 1.807) is 5.38 Å². The number of thiazole rings is 1. The molecule has 154 valence electrons. The molecule has 1 aromatic carbocycles. The number of primary amides is 1. The van der Waals surface area contributed by atoms with E-state index in [1.165, 1.54) is 22.7 Å². The lowest BCUT2D eigenvalue weighted by atomic mass is 10.0. The van der Waals surface area contributed by atoms with Crippen LogP contribution in [0, 0.1) is 0 Å². The van der Waals surface area contributed by atoms with Gasteiger partial charge < -0.3 is 20.7 Å². The molecule has 2 aliphatic rings. The normalized spacial score (nSPS) is 15.4. The molecule has 0 fully saturated rings. The van der Waals surface area contributed by atoms with Crippen LogP contribution in [0.15, 0.2) is 23.6 Å². The molecule has 0 saturated carbocycles. The summed E-state index contributed by atoms with van der Waals surface area (Å²) < 4.78 is 5.55. The molecule has 0 radical (unpaired) electrons. The van der Waals surface area contributed by atoms with Crippen LogP contribution in [0.1, 0.15) is 36.9 Å². The zero-order valence-electron chi connectivity index (χ0n) is 16.4. The number of hydrogen-bond donors (Lipinski definition) is 2. The number of nitrogens with two attached hydrogens (primary N) is 1. The standard InChI is InChI=1S/C21H20N4O3S2/c1-25-6-4-13-16(9-25)30-21(17(13)18(22)26)24-19(27)14-10-29-20(23-14)12-2-3-15-11(8-12)5-7-28-15/h2-3,8,10H,4-7,9H2,1H3,(H2,22,26)(H,24,27). The Morgan fingerprint density at radius 2 is 2.17 bits per heavy atom. The van der Waals surface area contributed by atoms with Crippen LogP contribution in [0.2, 0.25) is 0 Å². The summed E-state index contributed by atoms with van der Waals surface area (Å²) in [4.78, 5) is 32.7. The number of anilines is 1. The maximum atomic E-state index is 12.9. The number of likely N-dealkylation sites (N-methyl/N-ethyl adjacent to an activating group) is 1. The summed E-state index contributed by atoms with van der Waals surface area (Å²) in [6.07, 6.45) is 1.63. The number of fused-ring (bicyclic) bond motifs is 2. The van der Waals surface area contributed by atoms with Crippen molar-refractivity contribution in [2.45, 2.75) is 19.4 Å². The highest BCUT2D eigenvalue weighted by molar-refractivity contribution is 7.17. The van der Waals surface area contributed by atoms with Crippen LogP contribution in [-0.4, -0.2) is 41.9 Å². The minimum absolute atomic E-state index is 0.325. The van der Waals surface area contributed by atoms with E-state index in [9.17, 15) is 9.59 Å². The molecule has 3 N–H and O–H groups in total. The van der Waals surface area contributed by atoms with Crippen molar-refractivity contribution in [1.82, 2.24) is 9.88 Å². The van der Waals surface area contributed by atoms with Gasteiger partial charge >= 0.3 is 0 Å². The van der Waals surface area contributed by atoms with E-state index in [4.69, 9.17) is 10.5 Å². The third kappa shape index (κ3) is 3.38. The quantitative estimate of drug-likeness (QED) is 0.650. The first-order chi connectivity index (χ1) is 14.5. The Labute approximate surface area is 181 Å². The van der Waals surface area contributed by atoms with Crippen molar-refractivity contribution in [3.05, 3.63) is 50.8 Å². The van der Waals surface area contributed by atoms with Crippen molar-refractivity contribution in [3.63, 3.8) is 0 Å². The van der Waals surface area contributed by atoms with Crippen LogP contribution in [0.25, 0.3) is 10.6 Å². The second kappa shape index (κ2) is 7.50. The minimum atomic E-state index is -0.508. The van der Waals surface area contributed by atoms with Gasteiger partial charge in [0, 0.05) is 35.3 Å². The van der Waals surface area contributed by atoms with Gasteiger partial charge in [0.05, 0.1) is 12.2 Å². The van der Waals surface area contributed by atoms with Gasteiger partial charge in [-0.15, -0.1) is 22.7 Å². The highest BCUT2D eigenvalue weighted by atomic mass is 32.1. The van der Waals surface area contributed by atoms with Gasteiger partial charge in [-0.05, 0) is 42.8 Å². The van der Waals surface area contributed by atoms with Crippen LogP contribution >= 0.6 is 22.7 Å². The molecule has 30 heavy (non-hydrogen) atoms.